The summed E-state index contributed by atoms with van der Waals surface area (Å²) in [7, 11) is 0. The maximum absolute atomic E-state index is 12.5. The molecular weight excluding hydrogens is 201 g/mol. The van der Waals surface area contributed by atoms with Gasteiger partial charge in [-0.15, -0.1) is 0 Å². The lowest BCUT2D eigenvalue weighted by Crippen LogP contribution is -2.57. The van der Waals surface area contributed by atoms with Crippen LogP contribution in [0, 0.1) is 0 Å². The van der Waals surface area contributed by atoms with Crippen molar-refractivity contribution < 1.29 is 27.4 Å². The maximum Gasteiger partial charge on any atom is 0.330 e. The van der Waals surface area contributed by atoms with Crippen molar-refractivity contribution in [3.05, 3.63) is 12.7 Å². The first-order valence-electron chi connectivity index (χ1n) is 3.95. The standard InChI is InChI=1S/C8H9F3O3/c1-2-6(12)13-4-3-5-8(10,11)7(9)14-5/h2,5,7H,1,3-4H2. The highest BCUT2D eigenvalue weighted by molar-refractivity contribution is 5.81. The van der Waals surface area contributed by atoms with Crippen LogP contribution in [0.15, 0.2) is 12.7 Å². The Kier molecular flexibility index (Phi) is 3.15. The normalized spacial score (nSPS) is 29.1. The first kappa shape index (κ1) is 11.0. The van der Waals surface area contributed by atoms with Gasteiger partial charge in [0, 0.05) is 12.5 Å². The minimum Gasteiger partial charge on any atom is -0.462 e. The summed E-state index contributed by atoms with van der Waals surface area (Å²) in [4.78, 5) is 10.5. The van der Waals surface area contributed by atoms with Gasteiger partial charge in [0.25, 0.3) is 6.36 Å². The number of hydrogen-bond acceptors (Lipinski definition) is 3. The summed E-state index contributed by atoms with van der Waals surface area (Å²) in [5.74, 6) is -4.18. The summed E-state index contributed by atoms with van der Waals surface area (Å²) in [6.45, 7) is 2.88. The first-order valence-corrected chi connectivity index (χ1v) is 3.95. The molecule has 2 atom stereocenters. The number of alkyl halides is 3. The van der Waals surface area contributed by atoms with Gasteiger partial charge in [-0.2, -0.15) is 8.78 Å². The van der Waals surface area contributed by atoms with Crippen molar-refractivity contribution in [2.75, 3.05) is 6.61 Å². The fourth-order valence-corrected chi connectivity index (χ4v) is 0.985. The van der Waals surface area contributed by atoms with Gasteiger partial charge in [-0.3, -0.25) is 0 Å². The third kappa shape index (κ3) is 2.06. The largest absolute Gasteiger partial charge is 0.462 e. The highest BCUT2D eigenvalue weighted by Crippen LogP contribution is 2.40. The number of esters is 1. The van der Waals surface area contributed by atoms with E-state index in [-0.39, 0.29) is 13.0 Å². The van der Waals surface area contributed by atoms with Crippen LogP contribution in [0.25, 0.3) is 0 Å². The van der Waals surface area contributed by atoms with Gasteiger partial charge >= 0.3 is 11.9 Å². The number of carbonyl (C=O) groups is 1. The van der Waals surface area contributed by atoms with Crippen molar-refractivity contribution in [2.24, 2.45) is 0 Å². The van der Waals surface area contributed by atoms with Crippen LogP contribution in [0.3, 0.4) is 0 Å². The molecule has 0 aliphatic carbocycles. The van der Waals surface area contributed by atoms with Gasteiger partial charge in [0.2, 0.25) is 0 Å². The van der Waals surface area contributed by atoms with E-state index in [1.807, 2.05) is 0 Å². The van der Waals surface area contributed by atoms with Gasteiger partial charge in [-0.1, -0.05) is 6.58 Å². The summed E-state index contributed by atoms with van der Waals surface area (Å²) in [5.41, 5.74) is 0. The monoisotopic (exact) mass is 210 g/mol. The van der Waals surface area contributed by atoms with E-state index in [1.165, 1.54) is 0 Å². The Bertz CT molecular complexity index is 242. The van der Waals surface area contributed by atoms with Crippen molar-refractivity contribution in [3.8, 4) is 0 Å². The topological polar surface area (TPSA) is 35.5 Å². The van der Waals surface area contributed by atoms with Gasteiger partial charge in [0.1, 0.15) is 6.10 Å². The smallest absolute Gasteiger partial charge is 0.330 e. The van der Waals surface area contributed by atoms with Crippen LogP contribution in [0.5, 0.6) is 0 Å². The SMILES string of the molecule is C=CC(=O)OCCC1OC(F)C1(F)F. The average molecular weight is 210 g/mol. The fraction of sp³-hybridized carbons (Fsp3) is 0.625. The number of ether oxygens (including phenoxy) is 2. The molecule has 0 radical (unpaired) electrons. The zero-order valence-electron chi connectivity index (χ0n) is 7.21. The van der Waals surface area contributed by atoms with Crippen molar-refractivity contribution >= 4 is 5.97 Å². The zero-order chi connectivity index (χ0) is 10.8. The molecular formula is C8H9F3O3. The van der Waals surface area contributed by atoms with Crippen LogP contribution in [0.1, 0.15) is 6.42 Å². The molecule has 1 fully saturated rings. The average Bonchev–Trinajstić information content (AvgIpc) is 2.16. The Hall–Kier alpha value is -1.04. The molecule has 0 spiro atoms. The molecule has 80 valence electrons. The Balaban J connectivity index is 2.21. The van der Waals surface area contributed by atoms with Crippen LogP contribution in [0.4, 0.5) is 13.2 Å². The lowest BCUT2D eigenvalue weighted by molar-refractivity contribution is -0.360. The Morgan fingerprint density at radius 2 is 2.29 bits per heavy atom. The molecule has 0 amide bonds. The lowest BCUT2D eigenvalue weighted by Gasteiger charge is -2.39. The van der Waals surface area contributed by atoms with Gasteiger partial charge in [0.15, 0.2) is 0 Å². The second-order valence-corrected chi connectivity index (χ2v) is 2.78. The van der Waals surface area contributed by atoms with Gasteiger partial charge in [-0.05, 0) is 0 Å². The van der Waals surface area contributed by atoms with Crippen LogP contribution in [-0.2, 0) is 14.3 Å². The molecule has 6 heteroatoms. The molecule has 1 aliphatic heterocycles. The molecule has 0 aromatic carbocycles. The van der Waals surface area contributed by atoms with Gasteiger partial charge in [0.05, 0.1) is 6.61 Å². The summed E-state index contributed by atoms with van der Waals surface area (Å²) in [5, 5.41) is 0. The molecule has 14 heavy (non-hydrogen) atoms. The van der Waals surface area contributed by atoms with Crippen LogP contribution < -0.4 is 0 Å². The minimum absolute atomic E-state index is 0.229. The first-order chi connectivity index (χ1) is 6.48. The molecule has 0 bridgehead atoms. The van der Waals surface area contributed by atoms with E-state index in [4.69, 9.17) is 0 Å². The van der Waals surface area contributed by atoms with Gasteiger partial charge < -0.3 is 9.47 Å². The molecule has 1 rings (SSSR count). The summed E-state index contributed by atoms with van der Waals surface area (Å²) < 4.78 is 45.8. The zero-order valence-corrected chi connectivity index (χ0v) is 7.21. The fourth-order valence-electron chi connectivity index (χ4n) is 0.985. The van der Waals surface area contributed by atoms with Crippen molar-refractivity contribution in [3.63, 3.8) is 0 Å². The van der Waals surface area contributed by atoms with Crippen LogP contribution >= 0.6 is 0 Å². The van der Waals surface area contributed by atoms with Crippen LogP contribution in [0.2, 0.25) is 0 Å². The second kappa shape index (κ2) is 4.00. The van der Waals surface area contributed by atoms with Crippen molar-refractivity contribution in [2.45, 2.75) is 24.8 Å². The maximum atomic E-state index is 12.5. The van der Waals surface area contributed by atoms with Crippen LogP contribution in [-0.4, -0.2) is 31.0 Å². The molecule has 0 aromatic rings. The number of hydrogen-bond donors (Lipinski definition) is 0. The Morgan fingerprint density at radius 1 is 1.64 bits per heavy atom. The molecule has 0 saturated carbocycles. The highest BCUT2D eigenvalue weighted by atomic mass is 19.3. The summed E-state index contributed by atoms with van der Waals surface area (Å²) >= 11 is 0. The predicted octanol–water partition coefficient (Wildman–Crippen LogP) is 1.44. The summed E-state index contributed by atoms with van der Waals surface area (Å²) in [6.07, 6.45) is -3.36. The lowest BCUT2D eigenvalue weighted by atomic mass is 10.1. The third-order valence-electron chi connectivity index (χ3n) is 1.81. The minimum atomic E-state index is -3.47. The molecule has 0 aromatic heterocycles. The molecule has 1 saturated heterocycles. The quantitative estimate of drug-likeness (QED) is 0.520. The molecule has 3 nitrogen and oxygen atoms in total. The third-order valence-corrected chi connectivity index (χ3v) is 1.81. The predicted molar refractivity (Wildman–Crippen MR) is 40.5 cm³/mol. The van der Waals surface area contributed by atoms with Crippen molar-refractivity contribution in [1.82, 2.24) is 0 Å². The van der Waals surface area contributed by atoms with Crippen molar-refractivity contribution in [1.29, 1.82) is 0 Å². The van der Waals surface area contributed by atoms with E-state index in [2.05, 4.69) is 16.1 Å². The summed E-state index contributed by atoms with van der Waals surface area (Å²) in [6, 6.07) is 0. The van der Waals surface area contributed by atoms with E-state index < -0.39 is 24.4 Å². The molecule has 1 heterocycles. The van der Waals surface area contributed by atoms with E-state index in [0.717, 1.165) is 6.08 Å². The number of halogens is 3. The highest BCUT2D eigenvalue weighted by Gasteiger charge is 2.60. The van der Waals surface area contributed by atoms with Gasteiger partial charge in [-0.25, -0.2) is 9.18 Å². The second-order valence-electron chi connectivity index (χ2n) is 2.78. The molecule has 2 unspecified atom stereocenters. The molecule has 1 aliphatic rings. The number of carbonyl (C=O) groups excluding carboxylic acids is 1. The van der Waals surface area contributed by atoms with E-state index in [9.17, 15) is 18.0 Å². The van der Waals surface area contributed by atoms with E-state index in [0.29, 0.717) is 0 Å². The van der Waals surface area contributed by atoms with E-state index in [1.54, 1.807) is 0 Å². The number of rotatable bonds is 4. The Morgan fingerprint density at radius 3 is 2.71 bits per heavy atom. The van der Waals surface area contributed by atoms with E-state index >= 15 is 0 Å². The Labute approximate surface area is 78.5 Å². The molecule has 0 N–H and O–H groups in total.